The SMILES string of the molecule is CCCOc1cc(/C=C(/C#N)C(=O)NC[C@H]2CCCO2)ccc1OC. The molecule has 1 aliphatic heterocycles. The molecule has 0 aromatic heterocycles. The van der Waals surface area contributed by atoms with E-state index in [1.807, 2.05) is 13.0 Å². The molecule has 1 aliphatic rings. The van der Waals surface area contributed by atoms with E-state index in [1.165, 1.54) is 0 Å². The van der Waals surface area contributed by atoms with Crippen molar-refractivity contribution in [2.24, 2.45) is 0 Å². The van der Waals surface area contributed by atoms with Gasteiger partial charge >= 0.3 is 0 Å². The van der Waals surface area contributed by atoms with Gasteiger partial charge in [-0.1, -0.05) is 13.0 Å². The third-order valence-electron chi connectivity index (χ3n) is 3.84. The Kier molecular flexibility index (Phi) is 7.30. The number of carbonyl (C=O) groups excluding carboxylic acids is 1. The molecule has 1 aromatic carbocycles. The monoisotopic (exact) mass is 344 g/mol. The van der Waals surface area contributed by atoms with Crippen molar-refractivity contribution in [2.75, 3.05) is 26.9 Å². The van der Waals surface area contributed by atoms with Crippen LogP contribution in [0.15, 0.2) is 23.8 Å². The molecule has 0 bridgehead atoms. The van der Waals surface area contributed by atoms with Gasteiger partial charge in [0.05, 0.1) is 19.8 Å². The number of nitriles is 1. The molecule has 6 heteroatoms. The lowest BCUT2D eigenvalue weighted by Gasteiger charge is -2.11. The van der Waals surface area contributed by atoms with Crippen LogP contribution in [-0.4, -0.2) is 38.9 Å². The van der Waals surface area contributed by atoms with E-state index in [2.05, 4.69) is 5.32 Å². The van der Waals surface area contributed by atoms with Gasteiger partial charge in [0, 0.05) is 13.2 Å². The van der Waals surface area contributed by atoms with Gasteiger partial charge in [-0.2, -0.15) is 5.26 Å². The van der Waals surface area contributed by atoms with Gasteiger partial charge in [0.2, 0.25) is 0 Å². The van der Waals surface area contributed by atoms with Crippen molar-refractivity contribution in [1.29, 1.82) is 5.26 Å². The Balaban J connectivity index is 2.09. The van der Waals surface area contributed by atoms with Crippen molar-refractivity contribution in [3.8, 4) is 17.6 Å². The standard InChI is InChI=1S/C19H24N2O4/c1-3-8-25-18-11-14(6-7-17(18)23-2)10-15(12-20)19(22)21-13-16-5-4-9-24-16/h6-7,10-11,16H,3-5,8-9,13H2,1-2H3,(H,21,22)/b15-10-/t16-/m1/s1. The Hall–Kier alpha value is -2.52. The molecule has 6 nitrogen and oxygen atoms in total. The lowest BCUT2D eigenvalue weighted by molar-refractivity contribution is -0.117. The van der Waals surface area contributed by atoms with Crippen LogP contribution in [0.5, 0.6) is 11.5 Å². The van der Waals surface area contributed by atoms with E-state index in [9.17, 15) is 10.1 Å². The van der Waals surface area contributed by atoms with Crippen LogP contribution in [0.3, 0.4) is 0 Å². The van der Waals surface area contributed by atoms with Gasteiger partial charge in [-0.05, 0) is 43.0 Å². The van der Waals surface area contributed by atoms with Crippen LogP contribution in [0.1, 0.15) is 31.7 Å². The minimum atomic E-state index is -0.398. The number of carbonyl (C=O) groups is 1. The Bertz CT molecular complexity index is 658. The predicted molar refractivity (Wildman–Crippen MR) is 94.4 cm³/mol. The zero-order chi connectivity index (χ0) is 18.1. The van der Waals surface area contributed by atoms with E-state index in [0.29, 0.717) is 30.2 Å². The summed E-state index contributed by atoms with van der Waals surface area (Å²) in [5, 5.41) is 12.1. The maximum absolute atomic E-state index is 12.2. The second-order valence-corrected chi connectivity index (χ2v) is 5.77. The van der Waals surface area contributed by atoms with E-state index >= 15 is 0 Å². The fourth-order valence-electron chi connectivity index (χ4n) is 2.53. The van der Waals surface area contributed by atoms with Crippen molar-refractivity contribution in [3.05, 3.63) is 29.3 Å². The fraction of sp³-hybridized carbons (Fsp3) is 0.474. The van der Waals surface area contributed by atoms with Gasteiger partial charge in [-0.25, -0.2) is 0 Å². The first-order valence-electron chi connectivity index (χ1n) is 8.50. The number of ether oxygens (including phenoxy) is 3. The summed E-state index contributed by atoms with van der Waals surface area (Å²) in [6, 6.07) is 7.26. The molecule has 0 saturated carbocycles. The maximum Gasteiger partial charge on any atom is 0.262 e. The third kappa shape index (κ3) is 5.50. The van der Waals surface area contributed by atoms with Gasteiger partial charge in [-0.3, -0.25) is 4.79 Å². The predicted octanol–water partition coefficient (Wildman–Crippen LogP) is 2.69. The first-order valence-corrected chi connectivity index (χ1v) is 8.50. The number of nitrogens with zero attached hydrogens (tertiary/aromatic N) is 1. The van der Waals surface area contributed by atoms with Crippen LogP contribution >= 0.6 is 0 Å². The molecule has 1 saturated heterocycles. The molecule has 1 fully saturated rings. The summed E-state index contributed by atoms with van der Waals surface area (Å²) in [4.78, 5) is 12.2. The van der Waals surface area contributed by atoms with E-state index in [0.717, 1.165) is 25.9 Å². The average Bonchev–Trinajstić information content (AvgIpc) is 3.16. The minimum Gasteiger partial charge on any atom is -0.493 e. The number of benzene rings is 1. The first kappa shape index (κ1) is 18.8. The average molecular weight is 344 g/mol. The highest BCUT2D eigenvalue weighted by atomic mass is 16.5. The molecule has 1 N–H and O–H groups in total. The molecule has 1 amide bonds. The van der Waals surface area contributed by atoms with Crippen LogP contribution in [0, 0.1) is 11.3 Å². The van der Waals surface area contributed by atoms with Crippen LogP contribution in [-0.2, 0) is 9.53 Å². The molecule has 0 spiro atoms. The highest BCUT2D eigenvalue weighted by molar-refractivity contribution is 6.01. The van der Waals surface area contributed by atoms with Crippen molar-refractivity contribution < 1.29 is 19.0 Å². The number of hydrogen-bond donors (Lipinski definition) is 1. The van der Waals surface area contributed by atoms with Gasteiger partial charge in [0.25, 0.3) is 5.91 Å². The normalized spacial score (nSPS) is 17.0. The Morgan fingerprint density at radius 2 is 2.32 bits per heavy atom. The number of hydrogen-bond acceptors (Lipinski definition) is 5. The molecule has 25 heavy (non-hydrogen) atoms. The number of rotatable bonds is 8. The molecule has 0 aliphatic carbocycles. The summed E-state index contributed by atoms with van der Waals surface area (Å²) in [6.07, 6.45) is 4.40. The molecular formula is C19H24N2O4. The summed E-state index contributed by atoms with van der Waals surface area (Å²) in [5.74, 6) is 0.812. The second kappa shape index (κ2) is 9.70. The highest BCUT2D eigenvalue weighted by Crippen LogP contribution is 2.29. The molecule has 0 unspecified atom stereocenters. The summed E-state index contributed by atoms with van der Waals surface area (Å²) >= 11 is 0. The Morgan fingerprint density at radius 1 is 1.48 bits per heavy atom. The number of amides is 1. The van der Waals surface area contributed by atoms with E-state index in [-0.39, 0.29) is 11.7 Å². The molecule has 1 aromatic rings. The van der Waals surface area contributed by atoms with E-state index < -0.39 is 5.91 Å². The maximum atomic E-state index is 12.2. The first-order chi connectivity index (χ1) is 12.2. The van der Waals surface area contributed by atoms with Gasteiger partial charge in [0.15, 0.2) is 11.5 Å². The molecule has 1 atom stereocenters. The molecule has 0 radical (unpaired) electrons. The van der Waals surface area contributed by atoms with Crippen molar-refractivity contribution in [2.45, 2.75) is 32.3 Å². The van der Waals surface area contributed by atoms with Gasteiger partial charge in [0.1, 0.15) is 11.6 Å². The zero-order valence-corrected chi connectivity index (χ0v) is 14.7. The van der Waals surface area contributed by atoms with E-state index in [4.69, 9.17) is 14.2 Å². The second-order valence-electron chi connectivity index (χ2n) is 5.77. The topological polar surface area (TPSA) is 80.6 Å². The molecule has 2 rings (SSSR count). The van der Waals surface area contributed by atoms with E-state index in [1.54, 1.807) is 31.4 Å². The van der Waals surface area contributed by atoms with Crippen LogP contribution in [0.25, 0.3) is 6.08 Å². The van der Waals surface area contributed by atoms with Crippen molar-refractivity contribution in [1.82, 2.24) is 5.32 Å². The zero-order valence-electron chi connectivity index (χ0n) is 14.7. The molecule has 1 heterocycles. The van der Waals surface area contributed by atoms with Crippen LogP contribution < -0.4 is 14.8 Å². The Labute approximate surface area is 148 Å². The summed E-state index contributed by atoms with van der Waals surface area (Å²) < 4.78 is 16.4. The highest BCUT2D eigenvalue weighted by Gasteiger charge is 2.17. The number of nitrogens with one attached hydrogen (secondary N) is 1. The van der Waals surface area contributed by atoms with Crippen LogP contribution in [0.4, 0.5) is 0 Å². The fourth-order valence-corrected chi connectivity index (χ4v) is 2.53. The lowest BCUT2D eigenvalue weighted by atomic mass is 10.1. The van der Waals surface area contributed by atoms with Gasteiger partial charge < -0.3 is 19.5 Å². The molecule has 134 valence electrons. The van der Waals surface area contributed by atoms with Crippen molar-refractivity contribution >= 4 is 12.0 Å². The number of methoxy groups -OCH3 is 1. The third-order valence-corrected chi connectivity index (χ3v) is 3.84. The minimum absolute atomic E-state index is 0.0407. The van der Waals surface area contributed by atoms with Crippen molar-refractivity contribution in [3.63, 3.8) is 0 Å². The van der Waals surface area contributed by atoms with Gasteiger partial charge in [-0.15, -0.1) is 0 Å². The Morgan fingerprint density at radius 3 is 2.96 bits per heavy atom. The summed E-state index contributed by atoms with van der Waals surface area (Å²) in [7, 11) is 1.57. The molecular weight excluding hydrogens is 320 g/mol. The lowest BCUT2D eigenvalue weighted by Crippen LogP contribution is -2.32. The summed E-state index contributed by atoms with van der Waals surface area (Å²) in [5.41, 5.74) is 0.750. The smallest absolute Gasteiger partial charge is 0.262 e. The summed E-state index contributed by atoms with van der Waals surface area (Å²) in [6.45, 7) is 3.73. The quantitative estimate of drug-likeness (QED) is 0.579. The largest absolute Gasteiger partial charge is 0.493 e. The van der Waals surface area contributed by atoms with Crippen LogP contribution in [0.2, 0.25) is 0 Å².